The quantitative estimate of drug-likeness (QED) is 0.710. The van der Waals surface area contributed by atoms with E-state index in [1.165, 1.54) is 25.6 Å². The number of likely N-dealkylation sites (tertiary alicyclic amines) is 1. The molecule has 140 valence electrons. The molecule has 1 aliphatic rings. The van der Waals surface area contributed by atoms with Crippen LogP contribution in [0.5, 0.6) is 5.75 Å². The molecule has 0 radical (unpaired) electrons. The van der Waals surface area contributed by atoms with Gasteiger partial charge in [0, 0.05) is 30.8 Å². The van der Waals surface area contributed by atoms with E-state index >= 15 is 0 Å². The van der Waals surface area contributed by atoms with E-state index in [2.05, 4.69) is 15.1 Å². The van der Waals surface area contributed by atoms with Gasteiger partial charge in [0.05, 0.1) is 18.4 Å². The highest BCUT2D eigenvalue weighted by Crippen LogP contribution is 2.29. The van der Waals surface area contributed by atoms with Crippen molar-refractivity contribution < 1.29 is 13.9 Å². The number of hydrogen-bond donors (Lipinski definition) is 0. The fourth-order valence-corrected chi connectivity index (χ4v) is 3.62. The van der Waals surface area contributed by atoms with Crippen molar-refractivity contribution in [3.05, 3.63) is 53.4 Å². The zero-order chi connectivity index (χ0) is 19.0. The average Bonchev–Trinajstić information content (AvgIpc) is 3.15. The first-order valence-electron chi connectivity index (χ1n) is 8.87. The van der Waals surface area contributed by atoms with Crippen LogP contribution in [0.4, 0.5) is 4.39 Å². The van der Waals surface area contributed by atoms with Crippen LogP contribution in [0.15, 0.2) is 30.6 Å². The summed E-state index contributed by atoms with van der Waals surface area (Å²) in [4.78, 5) is 23.1. The monoisotopic (exact) mass is 369 g/mol. The molecule has 1 saturated heterocycles. The van der Waals surface area contributed by atoms with Crippen LogP contribution >= 0.6 is 0 Å². The molecule has 1 atom stereocenters. The molecule has 3 heterocycles. The van der Waals surface area contributed by atoms with Gasteiger partial charge in [0.15, 0.2) is 0 Å². The number of aromatic nitrogens is 4. The van der Waals surface area contributed by atoms with E-state index in [1.807, 2.05) is 13.0 Å². The van der Waals surface area contributed by atoms with Crippen molar-refractivity contribution in [3.63, 3.8) is 0 Å². The highest BCUT2D eigenvalue weighted by Gasteiger charge is 2.29. The molecule has 1 aromatic carbocycles. The van der Waals surface area contributed by atoms with Crippen LogP contribution in [0.2, 0.25) is 0 Å². The van der Waals surface area contributed by atoms with Gasteiger partial charge in [0.25, 0.3) is 11.7 Å². The minimum absolute atomic E-state index is 0.0632. The summed E-state index contributed by atoms with van der Waals surface area (Å²) in [5.74, 6) is 0.159. The first-order chi connectivity index (χ1) is 13.1. The maximum Gasteiger partial charge on any atom is 0.256 e. The zero-order valence-electron chi connectivity index (χ0n) is 15.2. The maximum absolute atomic E-state index is 14.3. The summed E-state index contributed by atoms with van der Waals surface area (Å²) in [6.07, 6.45) is 3.24. The molecule has 1 unspecified atom stereocenters. The van der Waals surface area contributed by atoms with Gasteiger partial charge in [-0.05, 0) is 38.0 Å². The van der Waals surface area contributed by atoms with Crippen molar-refractivity contribution in [2.75, 3.05) is 20.2 Å². The lowest BCUT2D eigenvalue weighted by atomic mass is 9.93. The predicted octanol–water partition coefficient (Wildman–Crippen LogP) is 2.60. The van der Waals surface area contributed by atoms with Crippen molar-refractivity contribution in [2.45, 2.75) is 25.7 Å². The number of piperidine rings is 1. The number of methoxy groups -OCH3 is 1. The number of amides is 1. The summed E-state index contributed by atoms with van der Waals surface area (Å²) in [7, 11) is 1.47. The normalized spacial score (nSPS) is 17.3. The fraction of sp³-hybridized carbons (Fsp3) is 0.368. The number of rotatable bonds is 3. The SMILES string of the molecule is COc1ccc(C(=O)N2CCCC(c3cc(C)nc4ncnn34)C2)c(F)c1. The molecule has 0 bridgehead atoms. The Kier molecular flexibility index (Phi) is 4.47. The average molecular weight is 369 g/mol. The van der Waals surface area contributed by atoms with Crippen LogP contribution in [-0.4, -0.2) is 50.6 Å². The number of nitrogens with zero attached hydrogens (tertiary/aromatic N) is 5. The Hall–Kier alpha value is -3.03. The molecule has 0 saturated carbocycles. The van der Waals surface area contributed by atoms with Gasteiger partial charge < -0.3 is 9.64 Å². The zero-order valence-corrected chi connectivity index (χ0v) is 15.2. The summed E-state index contributed by atoms with van der Waals surface area (Å²) >= 11 is 0. The minimum atomic E-state index is -0.570. The lowest BCUT2D eigenvalue weighted by Crippen LogP contribution is -2.40. The van der Waals surface area contributed by atoms with Crippen LogP contribution in [0.1, 0.15) is 40.5 Å². The van der Waals surface area contributed by atoms with Gasteiger partial charge in [-0.1, -0.05) is 0 Å². The van der Waals surface area contributed by atoms with Crippen molar-refractivity contribution in [2.24, 2.45) is 0 Å². The van der Waals surface area contributed by atoms with Gasteiger partial charge in [-0.2, -0.15) is 10.1 Å². The summed E-state index contributed by atoms with van der Waals surface area (Å²) < 4.78 is 21.1. The Bertz CT molecular complexity index is 1000. The molecule has 1 aliphatic heterocycles. The number of hydrogen-bond acceptors (Lipinski definition) is 5. The van der Waals surface area contributed by atoms with E-state index < -0.39 is 5.82 Å². The van der Waals surface area contributed by atoms with E-state index in [0.717, 1.165) is 24.2 Å². The molecule has 0 spiro atoms. The van der Waals surface area contributed by atoms with Crippen LogP contribution < -0.4 is 4.74 Å². The number of aryl methyl sites for hydroxylation is 1. The molecule has 3 aromatic rings. The number of carbonyl (C=O) groups excluding carboxylic acids is 1. The fourth-order valence-electron chi connectivity index (χ4n) is 3.62. The third-order valence-corrected chi connectivity index (χ3v) is 4.94. The first kappa shape index (κ1) is 17.4. The number of ether oxygens (including phenoxy) is 1. The minimum Gasteiger partial charge on any atom is -0.497 e. The van der Waals surface area contributed by atoms with Crippen molar-refractivity contribution in [3.8, 4) is 5.75 Å². The summed E-state index contributed by atoms with van der Waals surface area (Å²) in [6, 6.07) is 6.30. The maximum atomic E-state index is 14.3. The largest absolute Gasteiger partial charge is 0.497 e. The molecule has 4 rings (SSSR count). The number of fused-ring (bicyclic) bond motifs is 1. The molecule has 7 nitrogen and oxygen atoms in total. The van der Waals surface area contributed by atoms with Gasteiger partial charge in [-0.25, -0.2) is 13.9 Å². The smallest absolute Gasteiger partial charge is 0.256 e. The molecular weight excluding hydrogens is 349 g/mol. The van der Waals surface area contributed by atoms with Crippen LogP contribution in [-0.2, 0) is 0 Å². The third-order valence-electron chi connectivity index (χ3n) is 4.94. The van der Waals surface area contributed by atoms with E-state index in [9.17, 15) is 9.18 Å². The number of carbonyl (C=O) groups is 1. The van der Waals surface area contributed by atoms with Gasteiger partial charge >= 0.3 is 0 Å². The van der Waals surface area contributed by atoms with E-state index in [-0.39, 0.29) is 17.4 Å². The lowest BCUT2D eigenvalue weighted by molar-refractivity contribution is 0.0700. The highest BCUT2D eigenvalue weighted by atomic mass is 19.1. The Balaban J connectivity index is 1.61. The highest BCUT2D eigenvalue weighted by molar-refractivity contribution is 5.94. The molecule has 0 aliphatic carbocycles. The second kappa shape index (κ2) is 6.94. The van der Waals surface area contributed by atoms with E-state index in [0.29, 0.717) is 24.6 Å². The summed E-state index contributed by atoms with van der Waals surface area (Å²) in [6.45, 7) is 3.02. The standard InChI is InChI=1S/C19H20FN5O2/c1-12-8-17(25-19(23-12)21-11-22-25)13-4-3-7-24(10-13)18(26)15-6-5-14(27-2)9-16(15)20/h5-6,8-9,11,13H,3-4,7,10H2,1-2H3. The molecule has 1 amide bonds. The second-order valence-electron chi connectivity index (χ2n) is 6.73. The van der Waals surface area contributed by atoms with Crippen molar-refractivity contribution >= 4 is 11.7 Å². The van der Waals surface area contributed by atoms with Crippen LogP contribution in [0.3, 0.4) is 0 Å². The van der Waals surface area contributed by atoms with E-state index in [4.69, 9.17) is 4.74 Å². The van der Waals surface area contributed by atoms with Crippen molar-refractivity contribution in [1.29, 1.82) is 0 Å². The predicted molar refractivity (Wildman–Crippen MR) is 96.3 cm³/mol. The lowest BCUT2D eigenvalue weighted by Gasteiger charge is -2.33. The second-order valence-corrected chi connectivity index (χ2v) is 6.73. The molecular formula is C19H20FN5O2. The summed E-state index contributed by atoms with van der Waals surface area (Å²) in [5, 5.41) is 4.26. The molecule has 27 heavy (non-hydrogen) atoms. The van der Waals surface area contributed by atoms with Crippen molar-refractivity contribution in [1.82, 2.24) is 24.5 Å². The molecule has 2 aromatic heterocycles. The van der Waals surface area contributed by atoms with Gasteiger partial charge in [-0.15, -0.1) is 0 Å². The Morgan fingerprint density at radius 1 is 1.33 bits per heavy atom. The first-order valence-corrected chi connectivity index (χ1v) is 8.87. The Morgan fingerprint density at radius 3 is 2.96 bits per heavy atom. The number of benzene rings is 1. The van der Waals surface area contributed by atoms with Gasteiger partial charge in [0.2, 0.25) is 0 Å². The Labute approximate surface area is 155 Å². The van der Waals surface area contributed by atoms with E-state index in [1.54, 1.807) is 15.5 Å². The topological polar surface area (TPSA) is 72.6 Å². The Morgan fingerprint density at radius 2 is 2.19 bits per heavy atom. The van der Waals surface area contributed by atoms with Gasteiger partial charge in [0.1, 0.15) is 17.9 Å². The molecule has 0 N–H and O–H groups in total. The number of halogens is 1. The van der Waals surface area contributed by atoms with Gasteiger partial charge in [-0.3, -0.25) is 4.79 Å². The summed E-state index contributed by atoms with van der Waals surface area (Å²) in [5.41, 5.74) is 1.89. The third kappa shape index (κ3) is 3.22. The molecule has 1 fully saturated rings. The molecule has 8 heteroatoms. The van der Waals surface area contributed by atoms with Crippen LogP contribution in [0, 0.1) is 12.7 Å². The van der Waals surface area contributed by atoms with Crippen LogP contribution in [0.25, 0.3) is 5.78 Å².